The van der Waals surface area contributed by atoms with E-state index in [1.807, 2.05) is 6.07 Å². The van der Waals surface area contributed by atoms with Crippen LogP contribution in [-0.2, 0) is 0 Å². The van der Waals surface area contributed by atoms with E-state index in [9.17, 15) is 0 Å². The molecule has 0 aliphatic heterocycles. The zero-order valence-corrected chi connectivity index (χ0v) is 12.3. The Morgan fingerprint density at radius 1 is 1.33 bits per heavy atom. The van der Waals surface area contributed by atoms with E-state index in [0.717, 1.165) is 21.3 Å². The molecule has 0 amide bonds. The molecule has 1 unspecified atom stereocenters. The second-order valence-electron chi connectivity index (χ2n) is 4.17. The highest BCUT2D eigenvalue weighted by molar-refractivity contribution is 9.11. The number of alkyl halides is 1. The first-order valence-corrected chi connectivity index (χ1v) is 7.28. The number of hydrogen-bond acceptors (Lipinski definition) is 0. The molecule has 2 rings (SSSR count). The van der Waals surface area contributed by atoms with E-state index in [0.29, 0.717) is 0 Å². The first kappa shape index (κ1) is 11.9. The molecule has 82 valence electrons. The summed E-state index contributed by atoms with van der Waals surface area (Å²) in [6, 6.07) is 6.19. The quantitative estimate of drug-likeness (QED) is 0.614. The highest BCUT2D eigenvalue weighted by atomic mass is 79.9. The van der Waals surface area contributed by atoms with Gasteiger partial charge in [0.15, 0.2) is 0 Å². The molecule has 1 aliphatic carbocycles. The average molecular weight is 352 g/mol. The molecule has 3 heteroatoms. The van der Waals surface area contributed by atoms with Gasteiger partial charge in [-0.25, -0.2) is 0 Å². The summed E-state index contributed by atoms with van der Waals surface area (Å²) in [5.74, 6) is 0.846. The van der Waals surface area contributed by atoms with E-state index in [2.05, 4.69) is 44.0 Å². The molecule has 1 aromatic rings. The van der Waals surface area contributed by atoms with Gasteiger partial charge in [0.2, 0.25) is 0 Å². The number of rotatable bonds is 3. The number of halogens is 3. The molecule has 0 saturated heterocycles. The summed E-state index contributed by atoms with van der Waals surface area (Å²) in [5, 5.41) is 0.141. The van der Waals surface area contributed by atoms with Gasteiger partial charge in [-0.05, 0) is 36.1 Å². The highest BCUT2D eigenvalue weighted by Crippen LogP contribution is 2.40. The third-order valence-corrected chi connectivity index (χ3v) is 4.69. The molecule has 1 fully saturated rings. The molecule has 0 heterocycles. The second-order valence-corrected chi connectivity index (χ2v) is 6.46. The molecule has 1 aromatic carbocycles. The van der Waals surface area contributed by atoms with Gasteiger partial charge in [0.05, 0.1) is 5.38 Å². The monoisotopic (exact) mass is 350 g/mol. The molecule has 0 nitrogen and oxygen atoms in total. The minimum absolute atomic E-state index is 0.141. The van der Waals surface area contributed by atoms with Gasteiger partial charge < -0.3 is 0 Å². The summed E-state index contributed by atoms with van der Waals surface area (Å²) in [6.45, 7) is 0. The fourth-order valence-electron chi connectivity index (χ4n) is 1.90. The van der Waals surface area contributed by atoms with Crippen molar-refractivity contribution in [3.8, 4) is 0 Å². The largest absolute Gasteiger partial charge is 0.118 e. The van der Waals surface area contributed by atoms with E-state index >= 15 is 0 Å². The van der Waals surface area contributed by atoms with Crippen molar-refractivity contribution in [2.45, 2.75) is 31.1 Å². The molecule has 0 bridgehead atoms. The molecular formula is C12H13Br2Cl. The van der Waals surface area contributed by atoms with Crippen molar-refractivity contribution in [2.24, 2.45) is 5.92 Å². The Kier molecular flexibility index (Phi) is 4.14. The molecule has 0 spiro atoms. The molecule has 1 atom stereocenters. The topological polar surface area (TPSA) is 0 Å². The van der Waals surface area contributed by atoms with Crippen LogP contribution in [0.3, 0.4) is 0 Å². The molecule has 0 radical (unpaired) electrons. The lowest BCUT2D eigenvalue weighted by Gasteiger charge is -2.27. The van der Waals surface area contributed by atoms with Gasteiger partial charge in [0, 0.05) is 8.95 Å². The van der Waals surface area contributed by atoms with Crippen molar-refractivity contribution < 1.29 is 0 Å². The summed E-state index contributed by atoms with van der Waals surface area (Å²) in [5.41, 5.74) is 1.21. The zero-order valence-electron chi connectivity index (χ0n) is 8.35. The molecular weight excluding hydrogens is 339 g/mol. The lowest BCUT2D eigenvalue weighted by molar-refractivity contribution is 0.293. The normalized spacial score (nSPS) is 18.6. The fourth-order valence-corrected chi connectivity index (χ4v) is 3.37. The van der Waals surface area contributed by atoms with E-state index < -0.39 is 0 Å². The molecule has 15 heavy (non-hydrogen) atoms. The van der Waals surface area contributed by atoms with Gasteiger partial charge in [0.1, 0.15) is 0 Å². The summed E-state index contributed by atoms with van der Waals surface area (Å²) in [4.78, 5) is 0. The maximum absolute atomic E-state index is 6.44. The van der Waals surface area contributed by atoms with Crippen LogP contribution in [0.15, 0.2) is 27.1 Å². The predicted molar refractivity (Wildman–Crippen MR) is 72.4 cm³/mol. The Balaban J connectivity index is 2.09. The Labute approximate surface area is 113 Å². The summed E-state index contributed by atoms with van der Waals surface area (Å²) >= 11 is 13.5. The Bertz CT molecular complexity index is 347. The third-order valence-electron chi connectivity index (χ3n) is 3.06. The van der Waals surface area contributed by atoms with Crippen LogP contribution in [0.2, 0.25) is 0 Å². The van der Waals surface area contributed by atoms with Crippen LogP contribution in [0.1, 0.15) is 36.6 Å². The van der Waals surface area contributed by atoms with Crippen molar-refractivity contribution >= 4 is 43.5 Å². The number of hydrogen-bond donors (Lipinski definition) is 0. The summed E-state index contributed by atoms with van der Waals surface area (Å²) in [7, 11) is 0. The lowest BCUT2D eigenvalue weighted by atomic mass is 9.81. The maximum atomic E-state index is 6.44. The Hall–Kier alpha value is 0.470. The zero-order chi connectivity index (χ0) is 10.8. The van der Waals surface area contributed by atoms with Gasteiger partial charge in [-0.2, -0.15) is 0 Å². The van der Waals surface area contributed by atoms with Crippen molar-refractivity contribution in [3.63, 3.8) is 0 Å². The predicted octanol–water partition coefficient (Wildman–Crippen LogP) is 5.68. The van der Waals surface area contributed by atoms with Crippen LogP contribution in [0, 0.1) is 5.92 Å². The number of benzene rings is 1. The second kappa shape index (κ2) is 5.20. The van der Waals surface area contributed by atoms with Crippen LogP contribution in [0.25, 0.3) is 0 Å². The van der Waals surface area contributed by atoms with Crippen molar-refractivity contribution in [1.82, 2.24) is 0 Å². The van der Waals surface area contributed by atoms with Crippen LogP contribution < -0.4 is 0 Å². The van der Waals surface area contributed by atoms with Gasteiger partial charge in [-0.1, -0.05) is 51.1 Å². The van der Waals surface area contributed by atoms with E-state index in [1.165, 1.54) is 24.8 Å². The van der Waals surface area contributed by atoms with Gasteiger partial charge >= 0.3 is 0 Å². The Morgan fingerprint density at radius 2 is 2.07 bits per heavy atom. The lowest BCUT2D eigenvalue weighted by Crippen LogP contribution is -2.13. The third kappa shape index (κ3) is 2.98. The molecule has 0 N–H and O–H groups in total. The molecule has 1 aliphatic rings. The van der Waals surface area contributed by atoms with E-state index in [-0.39, 0.29) is 5.38 Å². The SMILES string of the molecule is ClC(CC1CCC1)c1cc(Br)ccc1Br. The fraction of sp³-hybridized carbons (Fsp3) is 0.500. The average Bonchev–Trinajstić information content (AvgIpc) is 2.15. The minimum Gasteiger partial charge on any atom is -0.118 e. The summed E-state index contributed by atoms with van der Waals surface area (Å²) < 4.78 is 2.21. The van der Waals surface area contributed by atoms with E-state index in [1.54, 1.807) is 0 Å². The van der Waals surface area contributed by atoms with Crippen LogP contribution in [0.4, 0.5) is 0 Å². The van der Waals surface area contributed by atoms with E-state index in [4.69, 9.17) is 11.6 Å². The first-order valence-electron chi connectivity index (χ1n) is 5.26. The van der Waals surface area contributed by atoms with Crippen LogP contribution >= 0.6 is 43.5 Å². The Morgan fingerprint density at radius 3 is 2.67 bits per heavy atom. The standard InChI is InChI=1S/C12H13Br2Cl/c13-9-4-5-11(14)10(7-9)12(15)6-8-2-1-3-8/h4-5,7-8,12H,1-3,6H2. The van der Waals surface area contributed by atoms with Crippen molar-refractivity contribution in [3.05, 3.63) is 32.7 Å². The van der Waals surface area contributed by atoms with Crippen molar-refractivity contribution in [2.75, 3.05) is 0 Å². The highest BCUT2D eigenvalue weighted by Gasteiger charge is 2.22. The van der Waals surface area contributed by atoms with Gasteiger partial charge in [0.25, 0.3) is 0 Å². The van der Waals surface area contributed by atoms with Gasteiger partial charge in [-0.3, -0.25) is 0 Å². The minimum atomic E-state index is 0.141. The molecule has 1 saturated carbocycles. The van der Waals surface area contributed by atoms with Gasteiger partial charge in [-0.15, -0.1) is 11.6 Å². The summed E-state index contributed by atoms with van der Waals surface area (Å²) in [6.07, 6.45) is 5.20. The smallest absolute Gasteiger partial charge is 0.0599 e. The van der Waals surface area contributed by atoms with Crippen LogP contribution in [-0.4, -0.2) is 0 Å². The first-order chi connectivity index (χ1) is 7.16. The maximum Gasteiger partial charge on any atom is 0.0599 e. The molecule has 0 aromatic heterocycles. The van der Waals surface area contributed by atoms with Crippen molar-refractivity contribution in [1.29, 1.82) is 0 Å². The van der Waals surface area contributed by atoms with Crippen LogP contribution in [0.5, 0.6) is 0 Å².